The van der Waals surface area contributed by atoms with Crippen molar-refractivity contribution in [1.82, 2.24) is 10.3 Å². The fourth-order valence-corrected chi connectivity index (χ4v) is 5.00. The minimum Gasteiger partial charge on any atom is -0.378 e. The van der Waals surface area contributed by atoms with Crippen molar-refractivity contribution < 1.29 is 14.4 Å². The highest BCUT2D eigenvalue weighted by atomic mass is 32.2. The molecule has 0 saturated carbocycles. The lowest BCUT2D eigenvalue weighted by Crippen LogP contribution is -2.38. The van der Waals surface area contributed by atoms with E-state index < -0.39 is 17.1 Å². The fourth-order valence-electron chi connectivity index (χ4n) is 3.62. The maximum Gasteiger partial charge on any atom is 0.257 e. The maximum absolute atomic E-state index is 13.3. The molecule has 1 fully saturated rings. The fraction of sp³-hybridized carbons (Fsp3) is 0.192. The molecule has 0 aliphatic carbocycles. The second kappa shape index (κ2) is 10.4. The molecule has 0 bridgehead atoms. The third-order valence-electron chi connectivity index (χ3n) is 5.42. The first-order chi connectivity index (χ1) is 16.4. The molecule has 3 amide bonds. The van der Waals surface area contributed by atoms with Crippen molar-refractivity contribution in [2.24, 2.45) is 0 Å². The summed E-state index contributed by atoms with van der Waals surface area (Å²) < 4.78 is 0. The van der Waals surface area contributed by atoms with Crippen LogP contribution in [-0.4, -0.2) is 42.1 Å². The number of nitrogens with zero attached hydrogens (tertiary/aromatic N) is 2. The van der Waals surface area contributed by atoms with Gasteiger partial charge in [0.15, 0.2) is 0 Å². The largest absolute Gasteiger partial charge is 0.378 e. The topological polar surface area (TPSA) is 81.8 Å². The minimum absolute atomic E-state index is 0.0959. The lowest BCUT2D eigenvalue weighted by atomic mass is 10.2. The number of carbonyl (C=O) groups excluding carboxylic acids is 3. The number of amides is 3. The van der Waals surface area contributed by atoms with Gasteiger partial charge in [-0.15, -0.1) is 11.8 Å². The van der Waals surface area contributed by atoms with Gasteiger partial charge in [-0.25, -0.2) is 5.01 Å². The smallest absolute Gasteiger partial charge is 0.257 e. The van der Waals surface area contributed by atoms with Crippen LogP contribution in [0.2, 0.25) is 0 Å². The van der Waals surface area contributed by atoms with Crippen molar-refractivity contribution in [3.63, 3.8) is 0 Å². The number of hydrogen-bond donors (Lipinski definition) is 2. The molecule has 0 radical (unpaired) electrons. The molecule has 2 unspecified atom stereocenters. The molecular weight excluding hydrogens is 448 g/mol. The van der Waals surface area contributed by atoms with Gasteiger partial charge in [0.05, 0.1) is 10.9 Å². The standard InChI is InChI=1S/C26H26N4O3S/c1-29(2)21-15-13-19(14-16-21)26-30(28-20-11-7-4-8-12-20)25(33)22(34-26)17-23(31)27-24(32)18-9-5-3-6-10-18/h3-16,22,26,28H,17H2,1-2H3,(H,27,31,32). The molecule has 1 heterocycles. The summed E-state index contributed by atoms with van der Waals surface area (Å²) in [5, 5.41) is 3.01. The highest BCUT2D eigenvalue weighted by molar-refractivity contribution is 8.01. The maximum atomic E-state index is 13.3. The Hall–Kier alpha value is -3.78. The van der Waals surface area contributed by atoms with Crippen molar-refractivity contribution in [2.75, 3.05) is 24.4 Å². The van der Waals surface area contributed by atoms with Crippen LogP contribution in [-0.2, 0) is 9.59 Å². The molecule has 34 heavy (non-hydrogen) atoms. The van der Waals surface area contributed by atoms with Gasteiger partial charge in [0, 0.05) is 31.8 Å². The van der Waals surface area contributed by atoms with Crippen molar-refractivity contribution >= 4 is 40.9 Å². The van der Waals surface area contributed by atoms with E-state index in [1.165, 1.54) is 11.8 Å². The van der Waals surface area contributed by atoms with Gasteiger partial charge in [-0.2, -0.15) is 0 Å². The molecule has 4 rings (SSSR count). The number of nitrogens with one attached hydrogen (secondary N) is 2. The summed E-state index contributed by atoms with van der Waals surface area (Å²) in [5.74, 6) is -1.17. The second-order valence-electron chi connectivity index (χ2n) is 8.10. The lowest BCUT2D eigenvalue weighted by molar-refractivity contribution is -0.131. The Labute approximate surface area is 203 Å². The van der Waals surface area contributed by atoms with Crippen molar-refractivity contribution in [1.29, 1.82) is 0 Å². The number of para-hydroxylation sites is 1. The average molecular weight is 475 g/mol. The van der Waals surface area contributed by atoms with E-state index in [0.717, 1.165) is 16.9 Å². The van der Waals surface area contributed by atoms with Crippen LogP contribution in [0.25, 0.3) is 0 Å². The van der Waals surface area contributed by atoms with Gasteiger partial charge in [-0.1, -0.05) is 48.5 Å². The van der Waals surface area contributed by atoms with Gasteiger partial charge in [-0.05, 0) is 42.0 Å². The number of hydrogen-bond acceptors (Lipinski definition) is 6. The van der Waals surface area contributed by atoms with Gasteiger partial charge in [0.2, 0.25) is 5.91 Å². The minimum atomic E-state index is -0.627. The van der Waals surface area contributed by atoms with E-state index in [1.54, 1.807) is 35.3 Å². The summed E-state index contributed by atoms with van der Waals surface area (Å²) in [5.41, 5.74) is 6.36. The molecule has 1 saturated heterocycles. The molecule has 1 aliphatic heterocycles. The van der Waals surface area contributed by atoms with Crippen LogP contribution in [0.5, 0.6) is 0 Å². The summed E-state index contributed by atoms with van der Waals surface area (Å²) >= 11 is 1.39. The Bertz CT molecular complexity index is 1150. The predicted octanol–water partition coefficient (Wildman–Crippen LogP) is 4.07. The Morgan fingerprint density at radius 3 is 2.15 bits per heavy atom. The summed E-state index contributed by atoms with van der Waals surface area (Å²) in [6, 6.07) is 25.9. The average Bonchev–Trinajstić information content (AvgIpc) is 3.15. The monoisotopic (exact) mass is 474 g/mol. The normalized spacial score (nSPS) is 17.4. The molecule has 3 aromatic carbocycles. The van der Waals surface area contributed by atoms with Crippen LogP contribution >= 0.6 is 11.8 Å². The molecule has 2 N–H and O–H groups in total. The van der Waals surface area contributed by atoms with E-state index in [0.29, 0.717) is 5.56 Å². The van der Waals surface area contributed by atoms with Gasteiger partial charge in [0.1, 0.15) is 5.37 Å². The second-order valence-corrected chi connectivity index (χ2v) is 9.38. The van der Waals surface area contributed by atoms with Gasteiger partial charge in [0.25, 0.3) is 11.8 Å². The van der Waals surface area contributed by atoms with E-state index in [1.807, 2.05) is 73.6 Å². The molecule has 2 atom stereocenters. The number of anilines is 2. The summed E-state index contributed by atoms with van der Waals surface area (Å²) in [6.07, 6.45) is -0.0959. The number of rotatable bonds is 7. The van der Waals surface area contributed by atoms with E-state index >= 15 is 0 Å². The van der Waals surface area contributed by atoms with Crippen LogP contribution < -0.4 is 15.6 Å². The molecule has 0 spiro atoms. The molecule has 1 aliphatic rings. The molecule has 0 aromatic heterocycles. The molecule has 8 heteroatoms. The molecule has 3 aromatic rings. The van der Waals surface area contributed by atoms with Crippen molar-refractivity contribution in [2.45, 2.75) is 17.0 Å². The number of carbonyl (C=O) groups is 3. The highest BCUT2D eigenvalue weighted by Crippen LogP contribution is 2.44. The number of benzene rings is 3. The van der Waals surface area contributed by atoms with E-state index in [9.17, 15) is 14.4 Å². The zero-order valence-corrected chi connectivity index (χ0v) is 19.8. The Kier molecular flexibility index (Phi) is 7.18. The summed E-state index contributed by atoms with van der Waals surface area (Å²) in [6.45, 7) is 0. The summed E-state index contributed by atoms with van der Waals surface area (Å²) in [4.78, 5) is 40.3. The first-order valence-electron chi connectivity index (χ1n) is 10.9. The third kappa shape index (κ3) is 5.40. The zero-order valence-electron chi connectivity index (χ0n) is 19.0. The number of thioether (sulfide) groups is 1. The molecule has 7 nitrogen and oxygen atoms in total. The van der Waals surface area contributed by atoms with Crippen LogP contribution in [0, 0.1) is 0 Å². The predicted molar refractivity (Wildman–Crippen MR) is 135 cm³/mol. The van der Waals surface area contributed by atoms with Crippen LogP contribution in [0.1, 0.15) is 27.7 Å². The SMILES string of the molecule is CN(C)c1ccc(C2SC(CC(=O)NC(=O)c3ccccc3)C(=O)N2Nc2ccccc2)cc1. The van der Waals surface area contributed by atoms with E-state index in [-0.39, 0.29) is 17.7 Å². The Morgan fingerprint density at radius 1 is 0.912 bits per heavy atom. The number of imide groups is 1. The molecular formula is C26H26N4O3S. The van der Waals surface area contributed by atoms with Crippen LogP contribution in [0.4, 0.5) is 11.4 Å². The van der Waals surface area contributed by atoms with E-state index in [4.69, 9.17) is 0 Å². The first-order valence-corrected chi connectivity index (χ1v) is 11.8. The quantitative estimate of drug-likeness (QED) is 0.537. The Morgan fingerprint density at radius 2 is 1.53 bits per heavy atom. The first kappa shape index (κ1) is 23.4. The van der Waals surface area contributed by atoms with Crippen molar-refractivity contribution in [3.8, 4) is 0 Å². The van der Waals surface area contributed by atoms with Crippen LogP contribution in [0.15, 0.2) is 84.9 Å². The van der Waals surface area contributed by atoms with E-state index in [2.05, 4.69) is 10.7 Å². The van der Waals surface area contributed by atoms with Crippen LogP contribution in [0.3, 0.4) is 0 Å². The van der Waals surface area contributed by atoms with Gasteiger partial charge >= 0.3 is 0 Å². The van der Waals surface area contributed by atoms with Crippen molar-refractivity contribution in [3.05, 3.63) is 96.1 Å². The molecule has 174 valence electrons. The van der Waals surface area contributed by atoms with Gasteiger partial charge < -0.3 is 4.90 Å². The Balaban J connectivity index is 1.51. The third-order valence-corrected chi connectivity index (χ3v) is 6.86. The zero-order chi connectivity index (χ0) is 24.1. The number of hydrazine groups is 1. The highest BCUT2D eigenvalue weighted by Gasteiger charge is 2.42. The van der Waals surface area contributed by atoms with Gasteiger partial charge in [-0.3, -0.25) is 25.1 Å². The summed E-state index contributed by atoms with van der Waals surface area (Å²) in [7, 11) is 3.94. The lowest BCUT2D eigenvalue weighted by Gasteiger charge is -2.26.